The van der Waals surface area contributed by atoms with Crippen LogP contribution in [0.1, 0.15) is 27.7 Å². The van der Waals surface area contributed by atoms with Crippen LogP contribution in [0.3, 0.4) is 0 Å². The van der Waals surface area contributed by atoms with Crippen LogP contribution in [0.25, 0.3) is 65.7 Å². The molecule has 8 rings (SSSR count). The highest BCUT2D eigenvalue weighted by atomic mass is 16.7. The zero-order valence-corrected chi connectivity index (χ0v) is 26.2. The fourth-order valence-electron chi connectivity index (χ4n) is 6.59. The van der Waals surface area contributed by atoms with E-state index >= 15 is 0 Å². The maximum atomic E-state index is 6.38. The van der Waals surface area contributed by atoms with Crippen LogP contribution in [-0.4, -0.2) is 18.3 Å². The van der Waals surface area contributed by atoms with E-state index < -0.39 is 0 Å². The number of rotatable bonds is 4. The normalized spacial score (nSPS) is 15.7. The summed E-state index contributed by atoms with van der Waals surface area (Å²) in [5, 5.41) is 7.36. The molecular formula is C42H35BO2. The van der Waals surface area contributed by atoms with Crippen LogP contribution < -0.4 is 5.46 Å². The molecule has 0 atom stereocenters. The van der Waals surface area contributed by atoms with Crippen LogP contribution >= 0.6 is 0 Å². The van der Waals surface area contributed by atoms with Gasteiger partial charge in [-0.3, -0.25) is 0 Å². The SMILES string of the molecule is CC1(C)OB(c2ccc3cccc(-c4ccc5cc(-c6ccccc6-c6ccc7ccccc7c6)ccc5c4)c3c2)OC1(C)C. The topological polar surface area (TPSA) is 18.5 Å². The van der Waals surface area contributed by atoms with Gasteiger partial charge < -0.3 is 9.31 Å². The van der Waals surface area contributed by atoms with Crippen molar-refractivity contribution in [3.63, 3.8) is 0 Å². The molecule has 1 heterocycles. The second-order valence-corrected chi connectivity index (χ2v) is 13.3. The highest BCUT2D eigenvalue weighted by Crippen LogP contribution is 2.38. The van der Waals surface area contributed by atoms with Gasteiger partial charge in [-0.25, -0.2) is 0 Å². The van der Waals surface area contributed by atoms with Crippen molar-refractivity contribution in [1.29, 1.82) is 0 Å². The summed E-state index contributed by atoms with van der Waals surface area (Å²) in [4.78, 5) is 0. The molecule has 0 amide bonds. The third-order valence-electron chi connectivity index (χ3n) is 9.88. The molecule has 1 fully saturated rings. The van der Waals surface area contributed by atoms with Gasteiger partial charge in [0, 0.05) is 0 Å². The number of hydrogen-bond donors (Lipinski definition) is 0. The zero-order valence-electron chi connectivity index (χ0n) is 26.2. The third-order valence-corrected chi connectivity index (χ3v) is 9.88. The molecule has 218 valence electrons. The second kappa shape index (κ2) is 10.4. The molecule has 0 saturated carbocycles. The Kier molecular flexibility index (Phi) is 6.46. The molecule has 0 N–H and O–H groups in total. The second-order valence-electron chi connectivity index (χ2n) is 13.3. The minimum absolute atomic E-state index is 0.376. The smallest absolute Gasteiger partial charge is 0.399 e. The Balaban J connectivity index is 1.16. The van der Waals surface area contributed by atoms with Crippen molar-refractivity contribution in [3.05, 3.63) is 140 Å². The fourth-order valence-corrected chi connectivity index (χ4v) is 6.59. The maximum absolute atomic E-state index is 6.38. The van der Waals surface area contributed by atoms with Gasteiger partial charge in [0.1, 0.15) is 0 Å². The molecule has 0 spiro atoms. The number of benzene rings is 7. The molecule has 0 aromatic heterocycles. The van der Waals surface area contributed by atoms with Crippen LogP contribution in [-0.2, 0) is 9.31 Å². The van der Waals surface area contributed by atoms with Gasteiger partial charge >= 0.3 is 7.12 Å². The minimum Gasteiger partial charge on any atom is -0.399 e. The summed E-state index contributed by atoms with van der Waals surface area (Å²) in [5.74, 6) is 0. The Morgan fingerprint density at radius 1 is 0.400 bits per heavy atom. The molecule has 0 bridgehead atoms. The Morgan fingerprint density at radius 2 is 0.844 bits per heavy atom. The average Bonchev–Trinajstić information content (AvgIpc) is 3.29. The van der Waals surface area contributed by atoms with Crippen molar-refractivity contribution in [2.75, 3.05) is 0 Å². The van der Waals surface area contributed by atoms with Crippen molar-refractivity contribution in [3.8, 4) is 33.4 Å². The molecule has 1 aliphatic heterocycles. The van der Waals surface area contributed by atoms with E-state index in [-0.39, 0.29) is 18.3 Å². The first-order valence-electron chi connectivity index (χ1n) is 15.8. The molecule has 0 radical (unpaired) electrons. The fraction of sp³-hybridized carbons (Fsp3) is 0.143. The Morgan fingerprint density at radius 3 is 1.47 bits per heavy atom. The number of fused-ring (bicyclic) bond motifs is 3. The van der Waals surface area contributed by atoms with Gasteiger partial charge in [0.05, 0.1) is 11.2 Å². The first-order chi connectivity index (χ1) is 21.8. The molecule has 1 saturated heterocycles. The van der Waals surface area contributed by atoms with E-state index in [1.807, 2.05) is 0 Å². The molecule has 0 unspecified atom stereocenters. The first kappa shape index (κ1) is 27.8. The van der Waals surface area contributed by atoms with Crippen LogP contribution in [0, 0.1) is 0 Å². The van der Waals surface area contributed by atoms with E-state index in [1.165, 1.54) is 65.7 Å². The first-order valence-corrected chi connectivity index (χ1v) is 15.8. The summed E-state index contributed by atoms with van der Waals surface area (Å²) in [6.45, 7) is 8.40. The third kappa shape index (κ3) is 4.84. The van der Waals surface area contributed by atoms with Crippen molar-refractivity contribution >= 4 is 44.9 Å². The Hall–Kier alpha value is -4.70. The van der Waals surface area contributed by atoms with E-state index in [4.69, 9.17) is 9.31 Å². The van der Waals surface area contributed by atoms with Gasteiger partial charge in [-0.1, -0.05) is 121 Å². The average molecular weight is 583 g/mol. The summed E-state index contributed by atoms with van der Waals surface area (Å²) < 4.78 is 12.8. The maximum Gasteiger partial charge on any atom is 0.494 e. The summed E-state index contributed by atoms with van der Waals surface area (Å²) in [7, 11) is -0.389. The summed E-state index contributed by atoms with van der Waals surface area (Å²) in [6.07, 6.45) is 0. The van der Waals surface area contributed by atoms with Crippen molar-refractivity contribution in [1.82, 2.24) is 0 Å². The lowest BCUT2D eigenvalue weighted by atomic mass is 9.77. The lowest BCUT2D eigenvalue weighted by molar-refractivity contribution is 0.00578. The van der Waals surface area contributed by atoms with Gasteiger partial charge in [0.25, 0.3) is 0 Å². The molecular weight excluding hydrogens is 547 g/mol. The lowest BCUT2D eigenvalue weighted by Crippen LogP contribution is -2.41. The van der Waals surface area contributed by atoms with Crippen molar-refractivity contribution in [2.45, 2.75) is 38.9 Å². The predicted octanol–water partition coefficient (Wildman–Crippen LogP) is 10.4. The van der Waals surface area contributed by atoms with E-state index in [0.29, 0.717) is 0 Å². The summed E-state index contributed by atoms with van der Waals surface area (Å²) in [5.41, 5.74) is 7.63. The van der Waals surface area contributed by atoms with Crippen LogP contribution in [0.2, 0.25) is 0 Å². The molecule has 0 aliphatic carbocycles. The van der Waals surface area contributed by atoms with E-state index in [2.05, 4.69) is 167 Å². The quantitative estimate of drug-likeness (QED) is 0.192. The lowest BCUT2D eigenvalue weighted by Gasteiger charge is -2.32. The van der Waals surface area contributed by atoms with Crippen LogP contribution in [0.15, 0.2) is 140 Å². The molecule has 7 aromatic rings. The largest absolute Gasteiger partial charge is 0.494 e. The van der Waals surface area contributed by atoms with Gasteiger partial charge in [-0.15, -0.1) is 0 Å². The summed E-state index contributed by atoms with van der Waals surface area (Å²) >= 11 is 0. The molecule has 45 heavy (non-hydrogen) atoms. The van der Waals surface area contributed by atoms with E-state index in [0.717, 1.165) is 5.46 Å². The summed E-state index contributed by atoms with van der Waals surface area (Å²) in [6, 6.07) is 50.7. The standard InChI is InChI=1S/C42H35BO2/c1-41(2)42(3,4)45-43(44-41)36-23-22-29-12-9-15-39(40(29)27-36)35-21-18-31-25-34(20-17-32(31)26-35)38-14-8-7-13-37(38)33-19-16-28-10-5-6-11-30(28)24-33/h5-27H,1-4H3. The van der Waals surface area contributed by atoms with Crippen LogP contribution in [0.5, 0.6) is 0 Å². The van der Waals surface area contributed by atoms with E-state index in [1.54, 1.807) is 0 Å². The predicted molar refractivity (Wildman–Crippen MR) is 191 cm³/mol. The van der Waals surface area contributed by atoms with E-state index in [9.17, 15) is 0 Å². The van der Waals surface area contributed by atoms with Gasteiger partial charge in [0.2, 0.25) is 0 Å². The van der Waals surface area contributed by atoms with Gasteiger partial charge in [-0.2, -0.15) is 0 Å². The molecule has 1 aliphatic rings. The minimum atomic E-state index is -0.389. The number of hydrogen-bond acceptors (Lipinski definition) is 2. The zero-order chi connectivity index (χ0) is 30.8. The molecule has 3 heteroatoms. The Bertz CT molecular complexity index is 2230. The van der Waals surface area contributed by atoms with Gasteiger partial charge in [0.15, 0.2) is 0 Å². The highest BCUT2D eigenvalue weighted by Gasteiger charge is 2.51. The monoisotopic (exact) mass is 582 g/mol. The highest BCUT2D eigenvalue weighted by molar-refractivity contribution is 6.62. The molecule has 2 nitrogen and oxygen atoms in total. The van der Waals surface area contributed by atoms with Gasteiger partial charge in [-0.05, 0) is 117 Å². The molecule has 7 aromatic carbocycles. The van der Waals surface area contributed by atoms with Crippen molar-refractivity contribution in [2.24, 2.45) is 0 Å². The van der Waals surface area contributed by atoms with Crippen LogP contribution in [0.4, 0.5) is 0 Å². The van der Waals surface area contributed by atoms with Crippen molar-refractivity contribution < 1.29 is 9.31 Å². The Labute approximate surface area is 265 Å².